The molecule has 2 aromatic heterocycles. The molecule has 3 nitrogen and oxygen atoms in total. The third-order valence-electron chi connectivity index (χ3n) is 4.30. The average Bonchev–Trinajstić information content (AvgIpc) is 3.10. The number of aromatic nitrogens is 2. The van der Waals surface area contributed by atoms with Crippen LogP contribution in [0.15, 0.2) is 30.6 Å². The number of nitrogens with one attached hydrogen (secondary N) is 1. The monoisotopic (exact) mass is 313 g/mol. The highest BCUT2D eigenvalue weighted by Gasteiger charge is 2.15. The molecule has 1 unspecified atom stereocenters. The Morgan fingerprint density at radius 2 is 2.14 bits per heavy atom. The summed E-state index contributed by atoms with van der Waals surface area (Å²) in [5.74, 6) is 1.10. The topological polar surface area (TPSA) is 29.9 Å². The van der Waals surface area contributed by atoms with Gasteiger partial charge in [-0.25, -0.2) is 4.98 Å². The summed E-state index contributed by atoms with van der Waals surface area (Å²) in [4.78, 5) is 5.87. The zero-order valence-corrected chi connectivity index (χ0v) is 14.5. The third kappa shape index (κ3) is 2.69. The molecule has 0 radical (unpaired) electrons. The number of imidazole rings is 1. The van der Waals surface area contributed by atoms with Crippen LogP contribution in [0.5, 0.6) is 0 Å². The van der Waals surface area contributed by atoms with Gasteiger partial charge in [0.1, 0.15) is 5.82 Å². The third-order valence-corrected chi connectivity index (χ3v) is 5.93. The minimum atomic E-state index is 0.332. The first-order valence-corrected chi connectivity index (χ1v) is 8.65. The Kier molecular flexibility index (Phi) is 4.32. The number of hydrogen-bond acceptors (Lipinski definition) is 3. The minimum absolute atomic E-state index is 0.332. The second-order valence-corrected chi connectivity index (χ2v) is 6.83. The average molecular weight is 313 g/mol. The van der Waals surface area contributed by atoms with Gasteiger partial charge in [-0.1, -0.05) is 18.2 Å². The molecule has 0 aliphatic heterocycles. The van der Waals surface area contributed by atoms with Gasteiger partial charge < -0.3 is 9.88 Å². The Balaban J connectivity index is 1.82. The molecule has 1 atom stereocenters. The first-order chi connectivity index (χ1) is 10.6. The molecule has 3 aromatic rings. The van der Waals surface area contributed by atoms with E-state index in [9.17, 15) is 0 Å². The molecule has 0 spiro atoms. The summed E-state index contributed by atoms with van der Waals surface area (Å²) in [6.45, 7) is 10.6. The molecule has 3 rings (SSSR count). The van der Waals surface area contributed by atoms with Crippen LogP contribution in [0.2, 0.25) is 0 Å². The van der Waals surface area contributed by atoms with E-state index in [2.05, 4.69) is 60.8 Å². The Hall–Kier alpha value is -1.65. The fourth-order valence-corrected chi connectivity index (χ4v) is 4.25. The molecule has 0 aliphatic rings. The molecule has 0 saturated heterocycles. The van der Waals surface area contributed by atoms with Crippen molar-refractivity contribution < 1.29 is 0 Å². The molecule has 0 fully saturated rings. The molecule has 0 saturated carbocycles. The van der Waals surface area contributed by atoms with Crippen molar-refractivity contribution in [3.63, 3.8) is 0 Å². The second kappa shape index (κ2) is 6.23. The van der Waals surface area contributed by atoms with E-state index in [1.807, 2.05) is 23.7 Å². The van der Waals surface area contributed by atoms with Crippen molar-refractivity contribution in [3.8, 4) is 0 Å². The van der Waals surface area contributed by atoms with E-state index in [-0.39, 0.29) is 0 Å². The summed E-state index contributed by atoms with van der Waals surface area (Å²) in [7, 11) is 0. The summed E-state index contributed by atoms with van der Waals surface area (Å²) in [6.07, 6.45) is 3.91. The van der Waals surface area contributed by atoms with Crippen LogP contribution in [0.25, 0.3) is 10.1 Å². The van der Waals surface area contributed by atoms with Crippen LogP contribution in [-0.2, 0) is 13.1 Å². The number of rotatable bonds is 5. The predicted octanol–water partition coefficient (Wildman–Crippen LogP) is 4.59. The van der Waals surface area contributed by atoms with E-state index in [0.717, 1.165) is 18.9 Å². The largest absolute Gasteiger partial charge is 0.334 e. The van der Waals surface area contributed by atoms with Crippen LogP contribution in [0, 0.1) is 13.8 Å². The molecule has 1 aromatic carbocycles. The lowest BCUT2D eigenvalue weighted by atomic mass is 10.1. The quantitative estimate of drug-likeness (QED) is 0.747. The van der Waals surface area contributed by atoms with E-state index in [1.165, 1.54) is 26.1 Å². The van der Waals surface area contributed by atoms with Crippen LogP contribution < -0.4 is 5.32 Å². The summed E-state index contributed by atoms with van der Waals surface area (Å²) < 4.78 is 3.60. The number of nitrogens with zero attached hydrogens (tertiary/aromatic N) is 2. The van der Waals surface area contributed by atoms with Gasteiger partial charge in [0, 0.05) is 34.6 Å². The number of benzene rings is 1. The van der Waals surface area contributed by atoms with Gasteiger partial charge in [0.05, 0.1) is 6.54 Å². The first-order valence-electron chi connectivity index (χ1n) is 7.83. The molecular formula is C18H23N3S. The van der Waals surface area contributed by atoms with Crippen molar-refractivity contribution >= 4 is 21.4 Å². The predicted molar refractivity (Wildman–Crippen MR) is 94.5 cm³/mol. The van der Waals surface area contributed by atoms with Crippen molar-refractivity contribution in [3.05, 3.63) is 52.4 Å². The summed E-state index contributed by atoms with van der Waals surface area (Å²) in [5, 5.41) is 5.02. The number of fused-ring (bicyclic) bond motifs is 1. The fraction of sp³-hybridized carbons (Fsp3) is 0.389. The van der Waals surface area contributed by atoms with Gasteiger partial charge in [-0.3, -0.25) is 0 Å². The van der Waals surface area contributed by atoms with Crippen LogP contribution in [0.3, 0.4) is 0 Å². The molecule has 22 heavy (non-hydrogen) atoms. The van der Waals surface area contributed by atoms with Gasteiger partial charge in [0.25, 0.3) is 0 Å². The highest BCUT2D eigenvalue weighted by molar-refractivity contribution is 7.19. The van der Waals surface area contributed by atoms with Crippen molar-refractivity contribution in [2.24, 2.45) is 0 Å². The molecule has 0 aliphatic carbocycles. The van der Waals surface area contributed by atoms with Crippen molar-refractivity contribution in [2.75, 3.05) is 0 Å². The normalized spacial score (nSPS) is 12.9. The standard InChI is InChI=1S/C18H23N3S/c1-5-21-10-9-19-16(21)11-20-14(4)18-13(3)15-8-6-7-12(2)17(15)22-18/h6-10,14,20H,5,11H2,1-4H3. The summed E-state index contributed by atoms with van der Waals surface area (Å²) in [6, 6.07) is 6.91. The maximum Gasteiger partial charge on any atom is 0.122 e. The molecule has 2 heterocycles. The zero-order valence-electron chi connectivity index (χ0n) is 13.7. The van der Waals surface area contributed by atoms with E-state index in [4.69, 9.17) is 0 Å². The van der Waals surface area contributed by atoms with Crippen LogP contribution in [0.1, 0.15) is 41.7 Å². The Labute approximate surface area is 136 Å². The molecular weight excluding hydrogens is 290 g/mol. The van der Waals surface area contributed by atoms with Gasteiger partial charge in [0.15, 0.2) is 0 Å². The van der Waals surface area contributed by atoms with Crippen LogP contribution in [0.4, 0.5) is 0 Å². The molecule has 116 valence electrons. The van der Waals surface area contributed by atoms with E-state index in [1.54, 1.807) is 0 Å². The lowest BCUT2D eigenvalue weighted by molar-refractivity contribution is 0.545. The van der Waals surface area contributed by atoms with Crippen molar-refractivity contribution in [1.82, 2.24) is 14.9 Å². The van der Waals surface area contributed by atoms with Gasteiger partial charge in [0.2, 0.25) is 0 Å². The summed E-state index contributed by atoms with van der Waals surface area (Å²) in [5.41, 5.74) is 2.77. The Morgan fingerprint density at radius 3 is 2.86 bits per heavy atom. The van der Waals surface area contributed by atoms with E-state index < -0.39 is 0 Å². The van der Waals surface area contributed by atoms with Gasteiger partial charge >= 0.3 is 0 Å². The molecule has 4 heteroatoms. The van der Waals surface area contributed by atoms with Gasteiger partial charge in [-0.05, 0) is 44.2 Å². The number of hydrogen-bond donors (Lipinski definition) is 1. The Bertz CT molecular complexity index is 785. The van der Waals surface area contributed by atoms with Crippen molar-refractivity contribution in [1.29, 1.82) is 0 Å². The van der Waals surface area contributed by atoms with Crippen LogP contribution in [-0.4, -0.2) is 9.55 Å². The van der Waals surface area contributed by atoms with Gasteiger partial charge in [-0.2, -0.15) is 0 Å². The lowest BCUT2D eigenvalue weighted by Gasteiger charge is -2.14. The fourth-order valence-electron chi connectivity index (χ4n) is 2.95. The summed E-state index contributed by atoms with van der Waals surface area (Å²) >= 11 is 1.92. The maximum atomic E-state index is 4.44. The highest BCUT2D eigenvalue weighted by Crippen LogP contribution is 2.36. The molecule has 1 N–H and O–H groups in total. The number of thiophene rings is 1. The molecule has 0 bridgehead atoms. The number of aryl methyl sites for hydroxylation is 3. The second-order valence-electron chi connectivity index (χ2n) is 5.77. The Morgan fingerprint density at radius 1 is 1.32 bits per heavy atom. The zero-order chi connectivity index (χ0) is 15.7. The molecule has 0 amide bonds. The lowest BCUT2D eigenvalue weighted by Crippen LogP contribution is -2.20. The minimum Gasteiger partial charge on any atom is -0.334 e. The van der Waals surface area contributed by atoms with E-state index >= 15 is 0 Å². The maximum absolute atomic E-state index is 4.44. The van der Waals surface area contributed by atoms with E-state index in [0.29, 0.717) is 6.04 Å². The first kappa shape index (κ1) is 15.3. The van der Waals surface area contributed by atoms with Crippen molar-refractivity contribution in [2.45, 2.75) is 46.8 Å². The highest BCUT2D eigenvalue weighted by atomic mass is 32.1. The SMILES string of the molecule is CCn1ccnc1CNC(C)c1sc2c(C)cccc2c1C. The van der Waals surface area contributed by atoms with Gasteiger partial charge in [-0.15, -0.1) is 11.3 Å². The smallest absolute Gasteiger partial charge is 0.122 e. The van der Waals surface area contributed by atoms with Crippen LogP contribution >= 0.6 is 11.3 Å².